The van der Waals surface area contributed by atoms with Gasteiger partial charge in [0, 0.05) is 6.04 Å². The number of nitrogens with zero attached hydrogens (tertiary/aromatic N) is 2. The fourth-order valence-corrected chi connectivity index (χ4v) is 2.77. The van der Waals surface area contributed by atoms with Crippen molar-refractivity contribution in [2.45, 2.75) is 51.8 Å². The Bertz CT molecular complexity index is 337. The molecule has 0 aliphatic rings. The molecule has 104 valence electrons. The molecule has 0 spiro atoms. The maximum atomic E-state index is 5.35. The van der Waals surface area contributed by atoms with Gasteiger partial charge in [0.15, 0.2) is 5.82 Å². The Morgan fingerprint density at radius 3 is 2.61 bits per heavy atom. The zero-order valence-electron chi connectivity index (χ0n) is 12.1. The molecule has 1 rings (SSSR count). The molecule has 2 atom stereocenters. The molecule has 18 heavy (non-hydrogen) atoms. The average Bonchev–Trinajstić information content (AvgIpc) is 2.78. The minimum Gasteiger partial charge on any atom is -0.339 e. The minimum atomic E-state index is 0.261. The highest BCUT2D eigenvalue weighted by Gasteiger charge is 2.21. The number of thioether (sulfide) groups is 1. The maximum Gasteiger partial charge on any atom is 0.231 e. The molecule has 1 aromatic rings. The summed E-state index contributed by atoms with van der Waals surface area (Å²) < 4.78 is 5.35. The molecule has 0 saturated carbocycles. The smallest absolute Gasteiger partial charge is 0.231 e. The third-order valence-corrected chi connectivity index (χ3v) is 4.33. The molecule has 2 unspecified atom stereocenters. The van der Waals surface area contributed by atoms with Gasteiger partial charge in [0.2, 0.25) is 5.89 Å². The van der Waals surface area contributed by atoms with Crippen molar-refractivity contribution < 1.29 is 4.52 Å². The summed E-state index contributed by atoms with van der Waals surface area (Å²) in [5, 5.41) is 7.33. The highest BCUT2D eigenvalue weighted by molar-refractivity contribution is 7.98. The standard InChI is InChI=1S/C13H25N3OS/c1-6-11(14-5)10(4)13-15-12(16-17-13)8-18-7-9(2)3/h9-11,14H,6-8H2,1-5H3. The Morgan fingerprint density at radius 1 is 1.33 bits per heavy atom. The van der Waals surface area contributed by atoms with Crippen molar-refractivity contribution in [2.75, 3.05) is 12.8 Å². The second kappa shape index (κ2) is 7.79. The van der Waals surface area contributed by atoms with Crippen LogP contribution in [0.2, 0.25) is 0 Å². The van der Waals surface area contributed by atoms with E-state index in [1.165, 1.54) is 0 Å². The van der Waals surface area contributed by atoms with Gasteiger partial charge in [0.05, 0.1) is 11.7 Å². The third kappa shape index (κ3) is 4.61. The molecule has 0 bridgehead atoms. The number of aromatic nitrogens is 2. The molecule has 0 fully saturated rings. The average molecular weight is 271 g/mol. The lowest BCUT2D eigenvalue weighted by atomic mass is 10.00. The lowest BCUT2D eigenvalue weighted by molar-refractivity contribution is 0.324. The number of rotatable bonds is 8. The van der Waals surface area contributed by atoms with Crippen molar-refractivity contribution in [3.8, 4) is 0 Å². The van der Waals surface area contributed by atoms with Gasteiger partial charge < -0.3 is 9.84 Å². The summed E-state index contributed by atoms with van der Waals surface area (Å²) in [6.45, 7) is 8.72. The fraction of sp³-hybridized carbons (Fsp3) is 0.846. The van der Waals surface area contributed by atoms with E-state index in [-0.39, 0.29) is 5.92 Å². The van der Waals surface area contributed by atoms with Crippen LogP contribution in [-0.2, 0) is 5.75 Å². The summed E-state index contributed by atoms with van der Waals surface area (Å²) in [6.07, 6.45) is 1.05. The molecule has 0 radical (unpaired) electrons. The van der Waals surface area contributed by atoms with Gasteiger partial charge in [-0.25, -0.2) is 0 Å². The van der Waals surface area contributed by atoms with Gasteiger partial charge in [-0.2, -0.15) is 16.7 Å². The van der Waals surface area contributed by atoms with Gasteiger partial charge in [-0.05, 0) is 25.1 Å². The minimum absolute atomic E-state index is 0.261. The Morgan fingerprint density at radius 2 is 2.06 bits per heavy atom. The van der Waals surface area contributed by atoms with E-state index in [2.05, 4.69) is 43.2 Å². The zero-order chi connectivity index (χ0) is 13.5. The molecule has 0 saturated heterocycles. The molecule has 5 heteroatoms. The van der Waals surface area contributed by atoms with Crippen LogP contribution in [0.4, 0.5) is 0 Å². The Labute approximate surface area is 114 Å². The lowest BCUT2D eigenvalue weighted by Crippen LogP contribution is -2.30. The summed E-state index contributed by atoms with van der Waals surface area (Å²) in [5.41, 5.74) is 0. The Kier molecular flexibility index (Phi) is 6.71. The van der Waals surface area contributed by atoms with Crippen molar-refractivity contribution in [1.29, 1.82) is 0 Å². The van der Waals surface area contributed by atoms with Crippen LogP contribution in [0.5, 0.6) is 0 Å². The lowest BCUT2D eigenvalue weighted by Gasteiger charge is -2.18. The third-order valence-electron chi connectivity index (χ3n) is 2.97. The van der Waals surface area contributed by atoms with E-state index in [0.717, 1.165) is 29.6 Å². The van der Waals surface area contributed by atoms with Crippen LogP contribution in [0.25, 0.3) is 0 Å². The summed E-state index contributed by atoms with van der Waals surface area (Å²) in [7, 11) is 1.97. The largest absolute Gasteiger partial charge is 0.339 e. The van der Waals surface area contributed by atoms with Gasteiger partial charge in [-0.1, -0.05) is 32.9 Å². The van der Waals surface area contributed by atoms with Crippen LogP contribution >= 0.6 is 11.8 Å². The second-order valence-corrected chi connectivity index (χ2v) is 6.08. The summed E-state index contributed by atoms with van der Waals surface area (Å²) in [4.78, 5) is 4.49. The molecular formula is C13H25N3OS. The highest BCUT2D eigenvalue weighted by Crippen LogP contribution is 2.20. The number of nitrogens with one attached hydrogen (secondary N) is 1. The first-order chi connectivity index (χ1) is 8.58. The van der Waals surface area contributed by atoms with Crippen LogP contribution in [0.3, 0.4) is 0 Å². The molecule has 0 aromatic carbocycles. The highest BCUT2D eigenvalue weighted by atomic mass is 32.2. The van der Waals surface area contributed by atoms with E-state index in [9.17, 15) is 0 Å². The van der Waals surface area contributed by atoms with Gasteiger partial charge in [-0.15, -0.1) is 0 Å². The van der Waals surface area contributed by atoms with E-state index < -0.39 is 0 Å². The van der Waals surface area contributed by atoms with Crippen molar-refractivity contribution in [3.63, 3.8) is 0 Å². The van der Waals surface area contributed by atoms with Crippen molar-refractivity contribution in [3.05, 3.63) is 11.7 Å². The molecule has 1 heterocycles. The Balaban J connectivity index is 2.51. The molecule has 0 amide bonds. The van der Waals surface area contributed by atoms with Crippen LogP contribution < -0.4 is 5.32 Å². The quantitative estimate of drug-likeness (QED) is 0.787. The first kappa shape index (κ1) is 15.5. The molecule has 0 aliphatic heterocycles. The predicted molar refractivity (Wildman–Crippen MR) is 76.9 cm³/mol. The maximum absolute atomic E-state index is 5.35. The first-order valence-electron chi connectivity index (χ1n) is 6.65. The van der Waals surface area contributed by atoms with Crippen LogP contribution in [0, 0.1) is 5.92 Å². The van der Waals surface area contributed by atoms with Gasteiger partial charge in [0.1, 0.15) is 0 Å². The van der Waals surface area contributed by atoms with Crippen LogP contribution in [0.1, 0.15) is 51.7 Å². The van der Waals surface area contributed by atoms with Crippen molar-refractivity contribution >= 4 is 11.8 Å². The molecule has 4 nitrogen and oxygen atoms in total. The van der Waals surface area contributed by atoms with Gasteiger partial charge in [0.25, 0.3) is 0 Å². The van der Waals surface area contributed by atoms with Crippen molar-refractivity contribution in [2.24, 2.45) is 5.92 Å². The molecule has 1 N–H and O–H groups in total. The van der Waals surface area contributed by atoms with Crippen LogP contribution in [0.15, 0.2) is 4.52 Å². The zero-order valence-corrected chi connectivity index (χ0v) is 12.9. The fourth-order valence-electron chi connectivity index (χ4n) is 1.88. The number of hydrogen-bond acceptors (Lipinski definition) is 5. The SMILES string of the molecule is CCC(NC)C(C)c1nc(CSCC(C)C)no1. The summed E-state index contributed by atoms with van der Waals surface area (Å²) >= 11 is 1.86. The summed E-state index contributed by atoms with van der Waals surface area (Å²) in [5.74, 6) is 4.49. The topological polar surface area (TPSA) is 51.0 Å². The number of likely N-dealkylation sites (N-methyl/N-ethyl adjacent to an activating group) is 1. The predicted octanol–water partition coefficient (Wildman–Crippen LogP) is 3.06. The monoisotopic (exact) mass is 271 g/mol. The van der Waals surface area contributed by atoms with Crippen molar-refractivity contribution in [1.82, 2.24) is 15.5 Å². The molecule has 1 aromatic heterocycles. The van der Waals surface area contributed by atoms with Gasteiger partial charge in [-0.3, -0.25) is 0 Å². The van der Waals surface area contributed by atoms with E-state index in [4.69, 9.17) is 4.52 Å². The van der Waals surface area contributed by atoms with Crippen LogP contribution in [-0.4, -0.2) is 29.0 Å². The normalized spacial score (nSPS) is 15.0. The van der Waals surface area contributed by atoms with E-state index in [0.29, 0.717) is 12.0 Å². The first-order valence-corrected chi connectivity index (χ1v) is 7.81. The second-order valence-electron chi connectivity index (χ2n) is 5.05. The van der Waals surface area contributed by atoms with E-state index in [1.807, 2.05) is 18.8 Å². The number of hydrogen-bond donors (Lipinski definition) is 1. The summed E-state index contributed by atoms with van der Waals surface area (Å²) in [6, 6.07) is 0.390. The molecule has 0 aliphatic carbocycles. The Hall–Kier alpha value is -0.550. The van der Waals surface area contributed by atoms with Gasteiger partial charge >= 0.3 is 0 Å². The van der Waals surface area contributed by atoms with E-state index in [1.54, 1.807) is 0 Å². The van der Waals surface area contributed by atoms with E-state index >= 15 is 0 Å². The molecular weight excluding hydrogens is 246 g/mol.